The van der Waals surface area contributed by atoms with Crippen LogP contribution >= 0.6 is 11.3 Å². The first-order valence-corrected chi connectivity index (χ1v) is 14.1. The zero-order chi connectivity index (χ0) is 25.1. The summed E-state index contributed by atoms with van der Waals surface area (Å²) in [6.07, 6.45) is 8.87. The first kappa shape index (κ1) is 24.8. The Balaban J connectivity index is 1.42. The molecule has 188 valence electrons. The van der Waals surface area contributed by atoms with Crippen LogP contribution < -0.4 is 10.2 Å². The highest BCUT2D eigenvalue weighted by molar-refractivity contribution is 7.16. The molecule has 1 aliphatic heterocycles. The second-order valence-corrected chi connectivity index (χ2v) is 12.3. The largest absolute Gasteiger partial charge is 0.372 e. The molecule has 36 heavy (non-hydrogen) atoms. The lowest BCUT2D eigenvalue weighted by Gasteiger charge is -2.33. The number of hydrogen-bond donors (Lipinski definition) is 1. The van der Waals surface area contributed by atoms with E-state index in [0.29, 0.717) is 5.92 Å². The third kappa shape index (κ3) is 5.57. The summed E-state index contributed by atoms with van der Waals surface area (Å²) in [5, 5.41) is 3.93. The van der Waals surface area contributed by atoms with Crippen LogP contribution in [0.1, 0.15) is 72.8 Å². The zero-order valence-corrected chi connectivity index (χ0v) is 22.5. The predicted octanol–water partition coefficient (Wildman–Crippen LogP) is 7.89. The highest BCUT2D eigenvalue weighted by Crippen LogP contribution is 2.45. The van der Waals surface area contributed by atoms with E-state index >= 15 is 0 Å². The van der Waals surface area contributed by atoms with Crippen molar-refractivity contribution in [2.24, 2.45) is 16.3 Å². The minimum atomic E-state index is -0.0551. The molecule has 1 N–H and O–H groups in total. The number of para-hydroxylation sites is 1. The molecule has 5 heteroatoms. The molecular formula is C31H37N3OS. The fraction of sp³-hybridized carbons (Fsp3) is 0.419. The van der Waals surface area contributed by atoms with Gasteiger partial charge in [-0.05, 0) is 85.3 Å². The van der Waals surface area contributed by atoms with Gasteiger partial charge in [0.15, 0.2) is 0 Å². The maximum Gasteiger partial charge on any atom is 0.259 e. The van der Waals surface area contributed by atoms with Gasteiger partial charge in [0.25, 0.3) is 5.91 Å². The summed E-state index contributed by atoms with van der Waals surface area (Å²) in [5.74, 6) is 0.563. The number of fused-ring (bicyclic) bond motifs is 1. The summed E-state index contributed by atoms with van der Waals surface area (Å²) >= 11 is 1.70. The van der Waals surface area contributed by atoms with E-state index in [0.717, 1.165) is 54.2 Å². The molecule has 4 nitrogen and oxygen atoms in total. The number of rotatable bonds is 5. The molecule has 2 aliphatic rings. The SMILES string of the molecule is CC(C)(C)[C@@H]1CCc2c(sc(N=Cc3ccc(N4CCCCC4)cc3)c2C(=O)Nc2ccccc2)C1. The van der Waals surface area contributed by atoms with Crippen LogP contribution in [0, 0.1) is 11.3 Å². The fourth-order valence-electron chi connectivity index (χ4n) is 5.41. The summed E-state index contributed by atoms with van der Waals surface area (Å²) in [6, 6.07) is 18.4. The number of anilines is 2. The second kappa shape index (κ2) is 10.6. The summed E-state index contributed by atoms with van der Waals surface area (Å²) in [6.45, 7) is 9.26. The van der Waals surface area contributed by atoms with E-state index in [1.54, 1.807) is 11.3 Å². The number of nitrogens with one attached hydrogen (secondary N) is 1. The Labute approximate surface area is 219 Å². The molecule has 1 amide bonds. The van der Waals surface area contributed by atoms with E-state index in [-0.39, 0.29) is 11.3 Å². The number of amides is 1. The Morgan fingerprint density at radius 3 is 2.44 bits per heavy atom. The van der Waals surface area contributed by atoms with Gasteiger partial charge in [-0.15, -0.1) is 11.3 Å². The van der Waals surface area contributed by atoms with Crippen LogP contribution in [0.3, 0.4) is 0 Å². The number of benzene rings is 2. The number of piperidine rings is 1. The van der Waals surface area contributed by atoms with Crippen molar-refractivity contribution in [3.8, 4) is 0 Å². The molecule has 0 saturated carbocycles. The van der Waals surface area contributed by atoms with Crippen LogP contribution in [0.5, 0.6) is 0 Å². The Hall–Kier alpha value is -2.92. The van der Waals surface area contributed by atoms with E-state index in [1.165, 1.54) is 35.4 Å². The number of carbonyl (C=O) groups is 1. The smallest absolute Gasteiger partial charge is 0.259 e. The van der Waals surface area contributed by atoms with Crippen molar-refractivity contribution < 1.29 is 4.79 Å². The monoisotopic (exact) mass is 499 g/mol. The van der Waals surface area contributed by atoms with Gasteiger partial charge in [0.2, 0.25) is 0 Å². The Bertz CT molecular complexity index is 1220. The van der Waals surface area contributed by atoms with E-state index in [1.807, 2.05) is 36.5 Å². The van der Waals surface area contributed by atoms with Crippen molar-refractivity contribution in [3.63, 3.8) is 0 Å². The normalized spacial score (nSPS) is 18.3. The van der Waals surface area contributed by atoms with Crippen molar-refractivity contribution in [1.82, 2.24) is 0 Å². The Morgan fingerprint density at radius 2 is 1.75 bits per heavy atom. The lowest BCUT2D eigenvalue weighted by Crippen LogP contribution is -2.29. The maximum atomic E-state index is 13.5. The van der Waals surface area contributed by atoms with Gasteiger partial charge < -0.3 is 10.2 Å². The molecule has 0 bridgehead atoms. The van der Waals surface area contributed by atoms with Crippen LogP contribution in [-0.4, -0.2) is 25.2 Å². The highest BCUT2D eigenvalue weighted by Gasteiger charge is 2.33. The van der Waals surface area contributed by atoms with Gasteiger partial charge in [-0.3, -0.25) is 4.79 Å². The number of thiophene rings is 1. The van der Waals surface area contributed by atoms with Gasteiger partial charge in [-0.2, -0.15) is 0 Å². The first-order valence-electron chi connectivity index (χ1n) is 13.3. The van der Waals surface area contributed by atoms with Crippen LogP contribution in [0.25, 0.3) is 0 Å². The molecule has 2 heterocycles. The standard InChI is InChI=1S/C31H37N3OS/c1-31(2,3)23-14-17-26-27(20-23)36-30(28(26)29(35)33-24-10-6-4-7-11-24)32-21-22-12-15-25(16-13-22)34-18-8-5-9-19-34/h4,6-7,10-13,15-16,21,23H,5,8-9,14,17-20H2,1-3H3,(H,33,35)/t23-/m1/s1. The van der Waals surface area contributed by atoms with Gasteiger partial charge in [0, 0.05) is 35.6 Å². The van der Waals surface area contributed by atoms with Gasteiger partial charge in [0.1, 0.15) is 5.00 Å². The minimum absolute atomic E-state index is 0.0551. The quantitative estimate of drug-likeness (QED) is 0.363. The molecule has 0 unspecified atom stereocenters. The summed E-state index contributed by atoms with van der Waals surface area (Å²) in [4.78, 5) is 22.2. The van der Waals surface area contributed by atoms with Crippen molar-refractivity contribution >= 4 is 39.8 Å². The molecule has 1 saturated heterocycles. The second-order valence-electron chi connectivity index (χ2n) is 11.2. The zero-order valence-electron chi connectivity index (χ0n) is 21.7. The molecule has 3 aromatic rings. The average molecular weight is 500 g/mol. The van der Waals surface area contributed by atoms with Gasteiger partial charge in [-0.1, -0.05) is 51.1 Å². The van der Waals surface area contributed by atoms with E-state index in [4.69, 9.17) is 4.99 Å². The van der Waals surface area contributed by atoms with Crippen molar-refractivity contribution in [3.05, 3.63) is 76.2 Å². The molecule has 2 aromatic carbocycles. The molecule has 1 aliphatic carbocycles. The highest BCUT2D eigenvalue weighted by atomic mass is 32.1. The van der Waals surface area contributed by atoms with Crippen molar-refractivity contribution in [1.29, 1.82) is 0 Å². The first-order chi connectivity index (χ1) is 17.4. The average Bonchev–Trinajstić information content (AvgIpc) is 3.26. The van der Waals surface area contributed by atoms with Gasteiger partial charge in [0.05, 0.1) is 5.56 Å². The Morgan fingerprint density at radius 1 is 1.03 bits per heavy atom. The van der Waals surface area contributed by atoms with E-state index in [9.17, 15) is 4.79 Å². The summed E-state index contributed by atoms with van der Waals surface area (Å²) in [5.41, 5.74) is 5.37. The van der Waals surface area contributed by atoms with Crippen LogP contribution in [0.15, 0.2) is 59.6 Å². The van der Waals surface area contributed by atoms with Gasteiger partial charge >= 0.3 is 0 Å². The topological polar surface area (TPSA) is 44.7 Å². The third-order valence-corrected chi connectivity index (χ3v) is 8.84. The molecule has 1 fully saturated rings. The van der Waals surface area contributed by atoms with Crippen LogP contribution in [0.2, 0.25) is 0 Å². The summed E-state index contributed by atoms with van der Waals surface area (Å²) in [7, 11) is 0. The van der Waals surface area contributed by atoms with Crippen LogP contribution in [0.4, 0.5) is 16.4 Å². The van der Waals surface area contributed by atoms with E-state index in [2.05, 4.69) is 55.3 Å². The molecule has 1 atom stereocenters. The number of aliphatic imine (C=N–C) groups is 1. The molecular weight excluding hydrogens is 462 g/mol. The lowest BCUT2D eigenvalue weighted by molar-refractivity contribution is 0.102. The third-order valence-electron chi connectivity index (χ3n) is 7.68. The minimum Gasteiger partial charge on any atom is -0.372 e. The van der Waals surface area contributed by atoms with Crippen molar-refractivity contribution in [2.45, 2.75) is 59.3 Å². The number of carbonyl (C=O) groups excluding carboxylic acids is 1. The Kier molecular flexibility index (Phi) is 7.29. The van der Waals surface area contributed by atoms with E-state index < -0.39 is 0 Å². The molecule has 0 radical (unpaired) electrons. The molecule has 0 spiro atoms. The number of hydrogen-bond acceptors (Lipinski definition) is 4. The lowest BCUT2D eigenvalue weighted by atomic mass is 9.72. The maximum absolute atomic E-state index is 13.5. The van der Waals surface area contributed by atoms with Crippen LogP contribution in [-0.2, 0) is 12.8 Å². The number of nitrogens with zero attached hydrogens (tertiary/aromatic N) is 2. The summed E-state index contributed by atoms with van der Waals surface area (Å²) < 4.78 is 0. The predicted molar refractivity (Wildman–Crippen MR) is 153 cm³/mol. The fourth-order valence-corrected chi connectivity index (χ4v) is 6.68. The van der Waals surface area contributed by atoms with Crippen molar-refractivity contribution in [2.75, 3.05) is 23.3 Å². The molecule has 5 rings (SSSR count). The van der Waals surface area contributed by atoms with Gasteiger partial charge in [-0.25, -0.2) is 4.99 Å². The molecule has 1 aromatic heterocycles.